The molecule has 0 unspecified atom stereocenters. The van der Waals surface area contributed by atoms with Gasteiger partial charge in [0.05, 0.1) is 20.3 Å². The predicted molar refractivity (Wildman–Crippen MR) is 53.0 cm³/mol. The molecular formula is C11H11FO4. The van der Waals surface area contributed by atoms with Gasteiger partial charge in [0.2, 0.25) is 0 Å². The number of ether oxygens (including phenoxy) is 3. The molecule has 1 saturated heterocycles. The van der Waals surface area contributed by atoms with Crippen LogP contribution in [-0.2, 0) is 9.47 Å². The molecule has 86 valence electrons. The van der Waals surface area contributed by atoms with Crippen LogP contribution in [0, 0.1) is 5.82 Å². The molecule has 0 saturated carbocycles. The van der Waals surface area contributed by atoms with Gasteiger partial charge in [-0.1, -0.05) is 0 Å². The van der Waals surface area contributed by atoms with Gasteiger partial charge >= 0.3 is 5.97 Å². The topological polar surface area (TPSA) is 44.8 Å². The molecular weight excluding hydrogens is 215 g/mol. The van der Waals surface area contributed by atoms with E-state index in [0.717, 1.165) is 0 Å². The van der Waals surface area contributed by atoms with Crippen LogP contribution >= 0.6 is 0 Å². The number of hydrogen-bond acceptors (Lipinski definition) is 4. The Labute approximate surface area is 91.9 Å². The number of hydrogen-bond donors (Lipinski definition) is 0. The Morgan fingerprint density at radius 3 is 2.81 bits per heavy atom. The minimum absolute atomic E-state index is 0.120. The fourth-order valence-corrected chi connectivity index (χ4v) is 1.33. The van der Waals surface area contributed by atoms with Gasteiger partial charge in [-0.05, 0) is 12.1 Å². The number of rotatable bonds is 3. The summed E-state index contributed by atoms with van der Waals surface area (Å²) in [6.07, 6.45) is -0.120. The van der Waals surface area contributed by atoms with Crippen molar-refractivity contribution in [3.8, 4) is 5.75 Å². The smallest absolute Gasteiger partial charge is 0.341 e. The largest absolute Gasteiger partial charge is 0.485 e. The molecule has 0 aromatic heterocycles. The van der Waals surface area contributed by atoms with E-state index in [-0.39, 0.29) is 17.4 Å². The van der Waals surface area contributed by atoms with Gasteiger partial charge in [-0.3, -0.25) is 0 Å². The van der Waals surface area contributed by atoms with Gasteiger partial charge in [0, 0.05) is 6.07 Å². The molecule has 1 aliphatic rings. The Kier molecular flexibility index (Phi) is 3.05. The lowest BCUT2D eigenvalue weighted by Gasteiger charge is -2.27. The van der Waals surface area contributed by atoms with Crippen molar-refractivity contribution in [2.45, 2.75) is 6.10 Å². The molecule has 1 aliphatic heterocycles. The standard InChI is InChI=1S/C11H11FO4/c1-14-11(13)9-3-2-7(12)4-10(9)16-8-5-15-6-8/h2-4,8H,5-6H2,1H3. The number of carbonyl (C=O) groups excluding carboxylic acids is 1. The zero-order valence-corrected chi connectivity index (χ0v) is 8.73. The van der Waals surface area contributed by atoms with E-state index in [1.807, 2.05) is 0 Å². The number of halogens is 1. The van der Waals surface area contributed by atoms with Crippen LogP contribution in [-0.4, -0.2) is 32.4 Å². The summed E-state index contributed by atoms with van der Waals surface area (Å²) in [6, 6.07) is 3.71. The zero-order valence-electron chi connectivity index (χ0n) is 8.73. The van der Waals surface area contributed by atoms with Crippen molar-refractivity contribution >= 4 is 5.97 Å². The Morgan fingerprint density at radius 2 is 2.25 bits per heavy atom. The molecule has 2 rings (SSSR count). The third-order valence-electron chi connectivity index (χ3n) is 2.25. The number of methoxy groups -OCH3 is 1. The highest BCUT2D eigenvalue weighted by atomic mass is 19.1. The molecule has 1 heterocycles. The molecule has 1 aromatic carbocycles. The number of esters is 1. The van der Waals surface area contributed by atoms with E-state index in [4.69, 9.17) is 9.47 Å². The second-order valence-electron chi connectivity index (χ2n) is 3.41. The van der Waals surface area contributed by atoms with Crippen LogP contribution in [0.2, 0.25) is 0 Å². The van der Waals surface area contributed by atoms with Crippen molar-refractivity contribution in [1.29, 1.82) is 0 Å². The van der Waals surface area contributed by atoms with Gasteiger partial charge < -0.3 is 14.2 Å². The van der Waals surface area contributed by atoms with Gasteiger partial charge in [-0.2, -0.15) is 0 Å². The fraction of sp³-hybridized carbons (Fsp3) is 0.364. The highest BCUT2D eigenvalue weighted by molar-refractivity contribution is 5.92. The van der Waals surface area contributed by atoms with Crippen molar-refractivity contribution in [1.82, 2.24) is 0 Å². The van der Waals surface area contributed by atoms with Gasteiger partial charge in [-0.25, -0.2) is 9.18 Å². The van der Waals surface area contributed by atoms with E-state index in [9.17, 15) is 9.18 Å². The van der Waals surface area contributed by atoms with E-state index < -0.39 is 11.8 Å². The van der Waals surface area contributed by atoms with Gasteiger partial charge in [-0.15, -0.1) is 0 Å². The summed E-state index contributed by atoms with van der Waals surface area (Å²) >= 11 is 0. The average Bonchev–Trinajstić information content (AvgIpc) is 2.22. The summed E-state index contributed by atoms with van der Waals surface area (Å²) < 4.78 is 27.9. The normalized spacial score (nSPS) is 15.4. The molecule has 0 aliphatic carbocycles. The SMILES string of the molecule is COC(=O)c1ccc(F)cc1OC1COC1. The summed E-state index contributed by atoms with van der Waals surface area (Å²) in [5, 5.41) is 0. The summed E-state index contributed by atoms with van der Waals surface area (Å²) in [7, 11) is 1.27. The first-order chi connectivity index (χ1) is 7.70. The van der Waals surface area contributed by atoms with E-state index in [1.54, 1.807) is 0 Å². The Bertz CT molecular complexity index is 401. The van der Waals surface area contributed by atoms with Crippen LogP contribution in [0.4, 0.5) is 4.39 Å². The van der Waals surface area contributed by atoms with Gasteiger partial charge in [0.25, 0.3) is 0 Å². The fourth-order valence-electron chi connectivity index (χ4n) is 1.33. The van der Waals surface area contributed by atoms with Crippen LogP contribution in [0.3, 0.4) is 0 Å². The molecule has 5 heteroatoms. The van der Waals surface area contributed by atoms with Crippen molar-refractivity contribution in [3.63, 3.8) is 0 Å². The second-order valence-corrected chi connectivity index (χ2v) is 3.41. The predicted octanol–water partition coefficient (Wildman–Crippen LogP) is 1.39. The molecule has 0 N–H and O–H groups in total. The molecule has 0 bridgehead atoms. The summed E-state index contributed by atoms with van der Waals surface area (Å²) in [5.41, 5.74) is 0.218. The molecule has 1 aromatic rings. The van der Waals surface area contributed by atoms with E-state index in [1.165, 1.54) is 25.3 Å². The maximum absolute atomic E-state index is 13.0. The van der Waals surface area contributed by atoms with Crippen LogP contribution in [0.1, 0.15) is 10.4 Å². The van der Waals surface area contributed by atoms with Crippen LogP contribution in [0.25, 0.3) is 0 Å². The first kappa shape index (κ1) is 10.9. The maximum atomic E-state index is 13.0. The summed E-state index contributed by atoms with van der Waals surface area (Å²) in [4.78, 5) is 11.4. The van der Waals surface area contributed by atoms with E-state index in [0.29, 0.717) is 13.2 Å². The molecule has 4 nitrogen and oxygen atoms in total. The highest BCUT2D eigenvalue weighted by Crippen LogP contribution is 2.23. The Hall–Kier alpha value is -1.62. The minimum Gasteiger partial charge on any atom is -0.485 e. The lowest BCUT2D eigenvalue weighted by atomic mass is 10.2. The first-order valence-electron chi connectivity index (χ1n) is 4.83. The molecule has 0 atom stereocenters. The minimum atomic E-state index is -0.546. The van der Waals surface area contributed by atoms with Crippen molar-refractivity contribution in [2.24, 2.45) is 0 Å². The lowest BCUT2D eigenvalue weighted by molar-refractivity contribution is -0.0800. The third-order valence-corrected chi connectivity index (χ3v) is 2.25. The monoisotopic (exact) mass is 226 g/mol. The highest BCUT2D eigenvalue weighted by Gasteiger charge is 2.23. The molecule has 0 spiro atoms. The molecule has 1 fully saturated rings. The van der Waals surface area contributed by atoms with Gasteiger partial charge in [0.15, 0.2) is 0 Å². The Balaban J connectivity index is 2.24. The van der Waals surface area contributed by atoms with Gasteiger partial charge in [0.1, 0.15) is 23.2 Å². The van der Waals surface area contributed by atoms with Crippen LogP contribution in [0.5, 0.6) is 5.75 Å². The lowest BCUT2D eigenvalue weighted by Crippen LogP contribution is -2.38. The Morgan fingerprint density at radius 1 is 1.50 bits per heavy atom. The third kappa shape index (κ3) is 2.14. The molecule has 16 heavy (non-hydrogen) atoms. The average molecular weight is 226 g/mol. The first-order valence-corrected chi connectivity index (χ1v) is 4.83. The molecule has 0 radical (unpaired) electrons. The van der Waals surface area contributed by atoms with E-state index in [2.05, 4.69) is 4.74 Å². The quantitative estimate of drug-likeness (QED) is 0.730. The van der Waals surface area contributed by atoms with Crippen molar-refractivity contribution < 1.29 is 23.4 Å². The van der Waals surface area contributed by atoms with Crippen LogP contribution in [0.15, 0.2) is 18.2 Å². The second kappa shape index (κ2) is 4.49. The summed E-state index contributed by atoms with van der Waals surface area (Å²) in [6.45, 7) is 0.911. The number of benzene rings is 1. The maximum Gasteiger partial charge on any atom is 0.341 e. The molecule has 0 amide bonds. The van der Waals surface area contributed by atoms with Crippen molar-refractivity contribution in [3.05, 3.63) is 29.6 Å². The zero-order chi connectivity index (χ0) is 11.5. The summed E-state index contributed by atoms with van der Waals surface area (Å²) in [5.74, 6) is -0.807. The van der Waals surface area contributed by atoms with E-state index >= 15 is 0 Å². The van der Waals surface area contributed by atoms with Crippen molar-refractivity contribution in [2.75, 3.05) is 20.3 Å². The number of carbonyl (C=O) groups is 1. The van der Waals surface area contributed by atoms with Crippen LogP contribution < -0.4 is 4.74 Å².